The molecule has 0 spiro atoms. The van der Waals surface area contributed by atoms with E-state index in [1.807, 2.05) is 0 Å². The summed E-state index contributed by atoms with van der Waals surface area (Å²) in [5.41, 5.74) is 6.78. The van der Waals surface area contributed by atoms with E-state index in [1.165, 1.54) is 12.1 Å². The molecule has 0 aromatic heterocycles. The van der Waals surface area contributed by atoms with E-state index in [1.54, 1.807) is 6.07 Å². The van der Waals surface area contributed by atoms with Crippen molar-refractivity contribution in [3.63, 3.8) is 0 Å². The Balaban J connectivity index is 1.94. The summed E-state index contributed by atoms with van der Waals surface area (Å²) >= 11 is 0. The van der Waals surface area contributed by atoms with E-state index < -0.39 is 5.82 Å². The molecule has 0 heterocycles. The van der Waals surface area contributed by atoms with E-state index in [-0.39, 0.29) is 5.75 Å². The van der Waals surface area contributed by atoms with E-state index in [0.29, 0.717) is 18.6 Å². The number of hydrogen-bond donors (Lipinski definition) is 2. The number of nitrogens with zero attached hydrogens (tertiary/aromatic N) is 1. The largest absolute Gasteiger partial charge is 0.505 e. The third kappa shape index (κ3) is 3.21. The molecule has 18 heavy (non-hydrogen) atoms. The Hall–Kier alpha value is -1.13. The Kier molecular flexibility index (Phi) is 4.19. The minimum Gasteiger partial charge on any atom is -0.505 e. The molecule has 1 fully saturated rings. The van der Waals surface area contributed by atoms with Crippen molar-refractivity contribution in [3.8, 4) is 5.75 Å². The van der Waals surface area contributed by atoms with Gasteiger partial charge < -0.3 is 10.8 Å². The summed E-state index contributed by atoms with van der Waals surface area (Å²) in [5, 5.41) is 9.15. The standard InChI is InChI=1S/C14H21FN2O/c1-17(12-5-3-11(16)4-6-12)9-10-2-7-14(18)13(15)8-10/h2,7-8,11-12,18H,3-6,9,16H2,1H3. The van der Waals surface area contributed by atoms with Crippen LogP contribution in [-0.4, -0.2) is 29.1 Å². The summed E-state index contributed by atoms with van der Waals surface area (Å²) < 4.78 is 13.2. The molecule has 0 unspecified atom stereocenters. The molecule has 1 aromatic carbocycles. The quantitative estimate of drug-likeness (QED) is 0.867. The lowest BCUT2D eigenvalue weighted by Crippen LogP contribution is -2.38. The smallest absolute Gasteiger partial charge is 0.165 e. The number of aromatic hydroxyl groups is 1. The third-order valence-corrected chi connectivity index (χ3v) is 3.81. The number of hydrogen-bond acceptors (Lipinski definition) is 3. The summed E-state index contributed by atoms with van der Waals surface area (Å²) in [7, 11) is 2.06. The van der Waals surface area contributed by atoms with Gasteiger partial charge in [0.15, 0.2) is 11.6 Å². The maximum absolute atomic E-state index is 13.2. The minimum atomic E-state index is -0.549. The van der Waals surface area contributed by atoms with Crippen molar-refractivity contribution in [2.45, 2.75) is 44.3 Å². The van der Waals surface area contributed by atoms with Crippen LogP contribution in [0.5, 0.6) is 5.75 Å². The SMILES string of the molecule is CN(Cc1ccc(O)c(F)c1)C1CCC(N)CC1. The molecule has 0 bridgehead atoms. The number of halogens is 1. The lowest BCUT2D eigenvalue weighted by atomic mass is 9.91. The summed E-state index contributed by atoms with van der Waals surface area (Å²) in [6.45, 7) is 0.705. The number of benzene rings is 1. The summed E-state index contributed by atoms with van der Waals surface area (Å²) in [6.07, 6.45) is 4.36. The first-order valence-electron chi connectivity index (χ1n) is 6.49. The third-order valence-electron chi connectivity index (χ3n) is 3.81. The van der Waals surface area contributed by atoms with Crippen molar-refractivity contribution in [1.82, 2.24) is 4.90 Å². The van der Waals surface area contributed by atoms with Crippen LogP contribution < -0.4 is 5.73 Å². The Labute approximate surface area is 107 Å². The number of phenolic OH excluding ortho intramolecular Hbond substituents is 1. The zero-order valence-electron chi connectivity index (χ0n) is 10.8. The lowest BCUT2D eigenvalue weighted by molar-refractivity contribution is 0.176. The summed E-state index contributed by atoms with van der Waals surface area (Å²) in [5.74, 6) is -0.836. The second-order valence-corrected chi connectivity index (χ2v) is 5.27. The van der Waals surface area contributed by atoms with Crippen LogP contribution in [0.4, 0.5) is 4.39 Å². The van der Waals surface area contributed by atoms with Gasteiger partial charge in [-0.05, 0) is 50.4 Å². The second-order valence-electron chi connectivity index (χ2n) is 5.27. The van der Waals surface area contributed by atoms with Crippen LogP contribution in [0.25, 0.3) is 0 Å². The van der Waals surface area contributed by atoms with Gasteiger partial charge in [-0.15, -0.1) is 0 Å². The van der Waals surface area contributed by atoms with Gasteiger partial charge in [0.2, 0.25) is 0 Å². The van der Waals surface area contributed by atoms with E-state index in [9.17, 15) is 4.39 Å². The van der Waals surface area contributed by atoms with Gasteiger partial charge in [-0.3, -0.25) is 4.90 Å². The molecule has 4 heteroatoms. The van der Waals surface area contributed by atoms with Crippen LogP contribution in [0.15, 0.2) is 18.2 Å². The Morgan fingerprint density at radius 3 is 2.61 bits per heavy atom. The number of rotatable bonds is 3. The molecule has 3 N–H and O–H groups in total. The fraction of sp³-hybridized carbons (Fsp3) is 0.571. The summed E-state index contributed by atoms with van der Waals surface area (Å²) in [6, 6.07) is 5.46. The summed E-state index contributed by atoms with van der Waals surface area (Å²) in [4.78, 5) is 2.25. The van der Waals surface area contributed by atoms with Crippen molar-refractivity contribution >= 4 is 0 Å². The highest BCUT2D eigenvalue weighted by Crippen LogP contribution is 2.23. The first kappa shape index (κ1) is 13.3. The number of phenols is 1. The van der Waals surface area contributed by atoms with E-state index in [0.717, 1.165) is 31.2 Å². The molecule has 1 aromatic rings. The van der Waals surface area contributed by atoms with Gasteiger partial charge in [-0.2, -0.15) is 0 Å². The molecule has 100 valence electrons. The zero-order valence-corrected chi connectivity index (χ0v) is 10.8. The zero-order chi connectivity index (χ0) is 13.1. The molecule has 0 saturated heterocycles. The van der Waals surface area contributed by atoms with E-state index >= 15 is 0 Å². The van der Waals surface area contributed by atoms with Crippen molar-refractivity contribution in [2.75, 3.05) is 7.05 Å². The van der Waals surface area contributed by atoms with Gasteiger partial charge in [0.1, 0.15) is 0 Å². The molecular formula is C14H21FN2O. The molecule has 2 rings (SSSR count). The fourth-order valence-corrected chi connectivity index (χ4v) is 2.61. The van der Waals surface area contributed by atoms with Gasteiger partial charge in [0.25, 0.3) is 0 Å². The van der Waals surface area contributed by atoms with Crippen molar-refractivity contribution in [3.05, 3.63) is 29.6 Å². The monoisotopic (exact) mass is 252 g/mol. The molecule has 0 amide bonds. The molecule has 0 atom stereocenters. The van der Waals surface area contributed by atoms with Gasteiger partial charge in [0.05, 0.1) is 0 Å². The van der Waals surface area contributed by atoms with Gasteiger partial charge >= 0.3 is 0 Å². The first-order valence-corrected chi connectivity index (χ1v) is 6.49. The van der Waals surface area contributed by atoms with Crippen molar-refractivity contribution in [1.29, 1.82) is 0 Å². The number of nitrogens with two attached hydrogens (primary N) is 1. The molecule has 1 saturated carbocycles. The maximum Gasteiger partial charge on any atom is 0.165 e. The van der Waals surface area contributed by atoms with Gasteiger partial charge in [0, 0.05) is 18.6 Å². The Morgan fingerprint density at radius 2 is 2.00 bits per heavy atom. The van der Waals surface area contributed by atoms with Crippen molar-refractivity contribution < 1.29 is 9.50 Å². The minimum absolute atomic E-state index is 0.287. The molecular weight excluding hydrogens is 231 g/mol. The molecule has 1 aliphatic carbocycles. The van der Waals surface area contributed by atoms with Crippen LogP contribution >= 0.6 is 0 Å². The van der Waals surface area contributed by atoms with Crippen LogP contribution in [0.1, 0.15) is 31.2 Å². The van der Waals surface area contributed by atoms with Crippen LogP contribution in [0.2, 0.25) is 0 Å². The average Bonchev–Trinajstić information content (AvgIpc) is 2.34. The average molecular weight is 252 g/mol. The van der Waals surface area contributed by atoms with Gasteiger partial charge in [-0.25, -0.2) is 4.39 Å². The lowest BCUT2D eigenvalue weighted by Gasteiger charge is -2.33. The Morgan fingerprint density at radius 1 is 1.33 bits per heavy atom. The molecule has 1 aliphatic rings. The highest BCUT2D eigenvalue weighted by atomic mass is 19.1. The normalized spacial score (nSPS) is 24.4. The van der Waals surface area contributed by atoms with Crippen LogP contribution in [0.3, 0.4) is 0 Å². The van der Waals surface area contributed by atoms with E-state index in [2.05, 4.69) is 11.9 Å². The van der Waals surface area contributed by atoms with Crippen LogP contribution in [0, 0.1) is 5.82 Å². The molecule has 3 nitrogen and oxygen atoms in total. The fourth-order valence-electron chi connectivity index (χ4n) is 2.61. The first-order chi connectivity index (χ1) is 8.56. The molecule has 0 radical (unpaired) electrons. The maximum atomic E-state index is 13.2. The second kappa shape index (κ2) is 5.67. The predicted molar refractivity (Wildman–Crippen MR) is 69.8 cm³/mol. The van der Waals surface area contributed by atoms with Gasteiger partial charge in [-0.1, -0.05) is 6.07 Å². The Bertz CT molecular complexity index is 403. The van der Waals surface area contributed by atoms with Crippen molar-refractivity contribution in [2.24, 2.45) is 5.73 Å². The predicted octanol–water partition coefficient (Wildman–Crippen LogP) is 2.23. The topological polar surface area (TPSA) is 49.5 Å². The highest BCUT2D eigenvalue weighted by molar-refractivity contribution is 5.27. The highest BCUT2D eigenvalue weighted by Gasteiger charge is 2.21. The van der Waals surface area contributed by atoms with E-state index in [4.69, 9.17) is 10.8 Å². The molecule has 0 aliphatic heterocycles. The van der Waals surface area contributed by atoms with Crippen LogP contribution in [-0.2, 0) is 6.54 Å².